The summed E-state index contributed by atoms with van der Waals surface area (Å²) in [6.45, 7) is 2.04. The molecule has 5 nitrogen and oxygen atoms in total. The van der Waals surface area contributed by atoms with Gasteiger partial charge in [0.1, 0.15) is 6.33 Å². The Morgan fingerprint density at radius 2 is 2.43 bits per heavy atom. The van der Waals surface area contributed by atoms with E-state index in [4.69, 9.17) is 11.6 Å². The first kappa shape index (κ1) is 9.61. The largest absolute Gasteiger partial charge is 0.350 e. The van der Waals surface area contributed by atoms with Crippen molar-refractivity contribution in [1.82, 2.24) is 20.3 Å². The number of hydrogen-bond donors (Lipinski definition) is 2. The highest BCUT2D eigenvalue weighted by Gasteiger charge is 2.13. The zero-order valence-corrected chi connectivity index (χ0v) is 8.46. The lowest BCUT2D eigenvalue weighted by molar-refractivity contribution is 0.478. The van der Waals surface area contributed by atoms with Crippen LogP contribution in [0.4, 0.5) is 5.95 Å². The van der Waals surface area contributed by atoms with Crippen molar-refractivity contribution in [3.05, 3.63) is 11.6 Å². The molecule has 6 heteroatoms. The zero-order chi connectivity index (χ0) is 9.80. The average molecular weight is 214 g/mol. The van der Waals surface area contributed by atoms with E-state index in [-0.39, 0.29) is 5.28 Å². The summed E-state index contributed by atoms with van der Waals surface area (Å²) in [5.74, 6) is 0.554. The number of halogens is 1. The van der Waals surface area contributed by atoms with Crippen LogP contribution in [0.25, 0.3) is 0 Å². The first-order valence-corrected chi connectivity index (χ1v) is 5.04. The van der Waals surface area contributed by atoms with Crippen LogP contribution in [0.2, 0.25) is 5.28 Å². The molecule has 1 aliphatic rings. The van der Waals surface area contributed by atoms with E-state index in [0.29, 0.717) is 12.0 Å². The number of aromatic nitrogens is 3. The van der Waals surface area contributed by atoms with Crippen molar-refractivity contribution in [3.63, 3.8) is 0 Å². The van der Waals surface area contributed by atoms with Gasteiger partial charge in [-0.25, -0.2) is 9.97 Å². The topological polar surface area (TPSA) is 62.7 Å². The third-order valence-electron chi connectivity index (χ3n) is 2.17. The standard InChI is InChI=1S/C8H12ClN5/c9-7-11-5-12-8(14-7)13-6-2-1-3-10-4-6/h5-6,10H,1-4H2,(H,11,12,13,14). The maximum atomic E-state index is 5.64. The van der Waals surface area contributed by atoms with Crippen molar-refractivity contribution >= 4 is 17.5 Å². The molecule has 0 amide bonds. The molecule has 76 valence electrons. The molecule has 0 radical (unpaired) electrons. The highest BCUT2D eigenvalue weighted by molar-refractivity contribution is 6.28. The molecule has 0 aliphatic carbocycles. The summed E-state index contributed by atoms with van der Waals surface area (Å²) in [7, 11) is 0. The Bertz CT molecular complexity index is 300. The normalized spacial score (nSPS) is 21.9. The molecule has 0 aromatic carbocycles. The summed E-state index contributed by atoms with van der Waals surface area (Å²) < 4.78 is 0. The van der Waals surface area contributed by atoms with Crippen molar-refractivity contribution in [1.29, 1.82) is 0 Å². The fraction of sp³-hybridized carbons (Fsp3) is 0.625. The second-order valence-electron chi connectivity index (χ2n) is 3.27. The summed E-state index contributed by atoms with van der Waals surface area (Å²) in [6, 6.07) is 0.391. The third kappa shape index (κ3) is 2.52. The molecule has 0 spiro atoms. The second kappa shape index (κ2) is 4.52. The van der Waals surface area contributed by atoms with Gasteiger partial charge in [0.25, 0.3) is 0 Å². The van der Waals surface area contributed by atoms with Gasteiger partial charge in [0, 0.05) is 12.6 Å². The van der Waals surface area contributed by atoms with E-state index in [2.05, 4.69) is 25.6 Å². The fourth-order valence-electron chi connectivity index (χ4n) is 1.50. The van der Waals surface area contributed by atoms with E-state index >= 15 is 0 Å². The molecule has 1 aliphatic heterocycles. The van der Waals surface area contributed by atoms with E-state index in [0.717, 1.165) is 19.5 Å². The van der Waals surface area contributed by atoms with Gasteiger partial charge >= 0.3 is 0 Å². The lowest BCUT2D eigenvalue weighted by Crippen LogP contribution is -2.38. The minimum atomic E-state index is 0.228. The molecule has 1 saturated heterocycles. The number of nitrogens with one attached hydrogen (secondary N) is 2. The van der Waals surface area contributed by atoms with Crippen LogP contribution in [-0.4, -0.2) is 34.1 Å². The first-order chi connectivity index (χ1) is 6.84. The Balaban J connectivity index is 1.95. The second-order valence-corrected chi connectivity index (χ2v) is 3.60. The molecular formula is C8H12ClN5. The van der Waals surface area contributed by atoms with Crippen LogP contribution >= 0.6 is 11.6 Å². The fourth-order valence-corrected chi connectivity index (χ4v) is 1.63. The first-order valence-electron chi connectivity index (χ1n) is 4.66. The summed E-state index contributed by atoms with van der Waals surface area (Å²) in [4.78, 5) is 11.7. The van der Waals surface area contributed by atoms with Crippen molar-refractivity contribution < 1.29 is 0 Å². The Labute approximate surface area is 87.3 Å². The smallest absolute Gasteiger partial charge is 0.227 e. The predicted molar refractivity (Wildman–Crippen MR) is 54.4 cm³/mol. The van der Waals surface area contributed by atoms with Gasteiger partial charge in [0.15, 0.2) is 0 Å². The van der Waals surface area contributed by atoms with E-state index in [1.165, 1.54) is 12.7 Å². The molecule has 1 atom stereocenters. The average Bonchev–Trinajstić information content (AvgIpc) is 2.19. The van der Waals surface area contributed by atoms with Crippen LogP contribution in [0.1, 0.15) is 12.8 Å². The van der Waals surface area contributed by atoms with Crippen molar-refractivity contribution in [2.45, 2.75) is 18.9 Å². The van der Waals surface area contributed by atoms with Crippen LogP contribution in [-0.2, 0) is 0 Å². The van der Waals surface area contributed by atoms with E-state index < -0.39 is 0 Å². The molecule has 0 saturated carbocycles. The van der Waals surface area contributed by atoms with Crippen LogP contribution < -0.4 is 10.6 Å². The Kier molecular flexibility index (Phi) is 3.10. The van der Waals surface area contributed by atoms with Crippen molar-refractivity contribution in [3.8, 4) is 0 Å². The summed E-state index contributed by atoms with van der Waals surface area (Å²) in [5.41, 5.74) is 0. The Morgan fingerprint density at radius 1 is 1.50 bits per heavy atom. The number of piperidine rings is 1. The van der Waals surface area contributed by atoms with Crippen LogP contribution in [0.3, 0.4) is 0 Å². The lowest BCUT2D eigenvalue weighted by atomic mass is 10.1. The molecule has 1 aromatic rings. The molecule has 2 rings (SSSR count). The molecule has 1 unspecified atom stereocenters. The number of nitrogens with zero attached hydrogens (tertiary/aromatic N) is 3. The molecule has 1 aromatic heterocycles. The van der Waals surface area contributed by atoms with E-state index in [1.807, 2.05) is 0 Å². The van der Waals surface area contributed by atoms with Gasteiger partial charge in [0.05, 0.1) is 0 Å². The molecule has 2 heterocycles. The molecular weight excluding hydrogens is 202 g/mol. The SMILES string of the molecule is Clc1ncnc(NC2CCCNC2)n1. The van der Waals surface area contributed by atoms with Crippen LogP contribution in [0.15, 0.2) is 6.33 Å². The van der Waals surface area contributed by atoms with Gasteiger partial charge < -0.3 is 10.6 Å². The predicted octanol–water partition coefficient (Wildman–Crippen LogP) is 0.689. The summed E-state index contributed by atoms with van der Waals surface area (Å²) >= 11 is 5.64. The summed E-state index contributed by atoms with van der Waals surface area (Å²) in [6.07, 6.45) is 3.72. The molecule has 1 fully saturated rings. The van der Waals surface area contributed by atoms with Gasteiger partial charge in [-0.2, -0.15) is 4.98 Å². The number of anilines is 1. The van der Waals surface area contributed by atoms with E-state index in [9.17, 15) is 0 Å². The highest BCUT2D eigenvalue weighted by Crippen LogP contribution is 2.08. The van der Waals surface area contributed by atoms with Gasteiger partial charge in [0.2, 0.25) is 11.2 Å². The van der Waals surface area contributed by atoms with Gasteiger partial charge in [-0.3, -0.25) is 0 Å². The highest BCUT2D eigenvalue weighted by atomic mass is 35.5. The molecule has 0 bridgehead atoms. The quantitative estimate of drug-likeness (QED) is 0.757. The third-order valence-corrected chi connectivity index (χ3v) is 2.35. The van der Waals surface area contributed by atoms with Crippen molar-refractivity contribution in [2.24, 2.45) is 0 Å². The maximum Gasteiger partial charge on any atom is 0.227 e. The zero-order valence-electron chi connectivity index (χ0n) is 7.70. The van der Waals surface area contributed by atoms with Crippen molar-refractivity contribution in [2.75, 3.05) is 18.4 Å². The minimum absolute atomic E-state index is 0.228. The van der Waals surface area contributed by atoms with Gasteiger partial charge in [-0.05, 0) is 31.0 Å². The van der Waals surface area contributed by atoms with E-state index in [1.54, 1.807) is 0 Å². The molecule has 2 N–H and O–H groups in total. The maximum absolute atomic E-state index is 5.64. The Hall–Kier alpha value is -0.940. The monoisotopic (exact) mass is 213 g/mol. The Morgan fingerprint density at radius 3 is 3.14 bits per heavy atom. The minimum Gasteiger partial charge on any atom is -0.350 e. The summed E-state index contributed by atoms with van der Waals surface area (Å²) in [5, 5.41) is 6.74. The van der Waals surface area contributed by atoms with Crippen LogP contribution in [0, 0.1) is 0 Å². The number of hydrogen-bond acceptors (Lipinski definition) is 5. The lowest BCUT2D eigenvalue weighted by Gasteiger charge is -2.23. The molecule has 14 heavy (non-hydrogen) atoms. The van der Waals surface area contributed by atoms with Gasteiger partial charge in [-0.1, -0.05) is 0 Å². The number of rotatable bonds is 2. The van der Waals surface area contributed by atoms with Gasteiger partial charge in [-0.15, -0.1) is 0 Å². The van der Waals surface area contributed by atoms with Crippen LogP contribution in [0.5, 0.6) is 0 Å².